The van der Waals surface area contributed by atoms with Gasteiger partial charge in [0.15, 0.2) is 0 Å². The molecule has 0 spiro atoms. The first-order chi connectivity index (χ1) is 7.20. The molecule has 1 fully saturated rings. The van der Waals surface area contributed by atoms with Crippen LogP contribution in [-0.4, -0.2) is 23.4 Å². The van der Waals surface area contributed by atoms with Crippen molar-refractivity contribution in [1.82, 2.24) is 10.2 Å². The van der Waals surface area contributed by atoms with E-state index in [1.165, 1.54) is 0 Å². The molecule has 13 heavy (non-hydrogen) atoms. The van der Waals surface area contributed by atoms with Crippen LogP contribution in [0.1, 0.15) is 27.2 Å². The molecule has 0 radical (unpaired) electrons. The lowest BCUT2D eigenvalue weighted by Crippen LogP contribution is -2.15. The predicted octanol–water partition coefficient (Wildman–Crippen LogP) is 2.13. The summed E-state index contributed by atoms with van der Waals surface area (Å²) in [6.45, 7) is 1.41. The molecule has 4 heteroatoms. The Labute approximate surface area is 88.4 Å². The van der Waals surface area contributed by atoms with E-state index in [-0.39, 0.29) is 18.0 Å². The zero-order valence-electron chi connectivity index (χ0n) is 9.09. The van der Waals surface area contributed by atoms with E-state index in [0.717, 1.165) is 12.8 Å². The number of rotatable bonds is 1. The Balaban J connectivity index is 2.31. The highest BCUT2D eigenvalue weighted by molar-refractivity contribution is 9.10. The fraction of sp³-hybridized carbons (Fsp3) is 0.556. The molecule has 3 nitrogen and oxygen atoms in total. The molecule has 1 aliphatic heterocycles. The maximum Gasteiger partial charge on any atom is 0.128 e. The number of hydrogen-bond acceptors (Lipinski definition) is 3. The van der Waals surface area contributed by atoms with Crippen molar-refractivity contribution in [3.63, 3.8) is 0 Å². The van der Waals surface area contributed by atoms with Crippen molar-refractivity contribution in [3.05, 3.63) is 22.4 Å². The third-order valence-corrected chi connectivity index (χ3v) is 2.50. The molecular weight excluding hydrogens is 232 g/mol. The number of halogens is 1. The number of nitrogens with zero attached hydrogens (tertiary/aromatic N) is 2. The molecular formula is C9H11BrN2O. The van der Waals surface area contributed by atoms with Gasteiger partial charge in [0, 0.05) is 19.1 Å². The van der Waals surface area contributed by atoms with E-state index in [2.05, 4.69) is 26.1 Å². The van der Waals surface area contributed by atoms with Gasteiger partial charge in [0.25, 0.3) is 0 Å². The van der Waals surface area contributed by atoms with Crippen LogP contribution in [0.25, 0.3) is 0 Å². The lowest BCUT2D eigenvalue weighted by molar-refractivity contribution is 0.0843. The van der Waals surface area contributed by atoms with Gasteiger partial charge in [0.2, 0.25) is 0 Å². The van der Waals surface area contributed by atoms with Crippen LogP contribution >= 0.6 is 15.9 Å². The minimum Gasteiger partial charge on any atom is -0.381 e. The van der Waals surface area contributed by atoms with Crippen molar-refractivity contribution in [2.75, 3.05) is 13.2 Å². The van der Waals surface area contributed by atoms with Gasteiger partial charge in [-0.1, -0.05) is 0 Å². The van der Waals surface area contributed by atoms with Crippen LogP contribution in [0.2, 0.25) is 0 Å². The summed E-state index contributed by atoms with van der Waals surface area (Å²) >= 11 is 3.10. The molecule has 70 valence electrons. The van der Waals surface area contributed by atoms with Gasteiger partial charge in [0.05, 0.1) is 8.44 Å². The van der Waals surface area contributed by atoms with E-state index in [9.17, 15) is 0 Å². The minimum absolute atomic E-state index is 0.117. The summed E-state index contributed by atoms with van der Waals surface area (Å²) in [6.07, 6.45) is 1.73. The molecule has 0 saturated carbocycles. The standard InChI is InChI=1S/C9H11BrN2O/c10-9-2-1-8(11-12-9)7-3-5-13-6-4-7/h1-2,7H,3-6H2/i1D,2D. The highest BCUT2D eigenvalue weighted by Crippen LogP contribution is 2.24. The molecule has 1 aromatic rings. The van der Waals surface area contributed by atoms with Crippen LogP contribution in [0.3, 0.4) is 0 Å². The smallest absolute Gasteiger partial charge is 0.128 e. The van der Waals surface area contributed by atoms with Gasteiger partial charge in [-0.05, 0) is 40.9 Å². The van der Waals surface area contributed by atoms with E-state index in [1.807, 2.05) is 0 Å². The zero-order valence-corrected chi connectivity index (χ0v) is 8.67. The normalized spacial score (nSPS) is 21.0. The third-order valence-electron chi connectivity index (χ3n) is 2.15. The Morgan fingerprint density at radius 1 is 1.38 bits per heavy atom. The predicted molar refractivity (Wildman–Crippen MR) is 52.5 cm³/mol. The second-order valence-corrected chi connectivity index (χ2v) is 3.76. The van der Waals surface area contributed by atoms with Crippen LogP contribution in [0.5, 0.6) is 0 Å². The molecule has 1 saturated heterocycles. The average Bonchev–Trinajstić information content (AvgIpc) is 2.27. The molecule has 0 amide bonds. The third kappa shape index (κ3) is 2.25. The van der Waals surface area contributed by atoms with Gasteiger partial charge in [0.1, 0.15) is 4.60 Å². The molecule has 0 N–H and O–H groups in total. The fourth-order valence-electron chi connectivity index (χ4n) is 1.42. The molecule has 2 heterocycles. The van der Waals surface area contributed by atoms with Crippen molar-refractivity contribution >= 4 is 15.9 Å². The lowest BCUT2D eigenvalue weighted by atomic mass is 9.96. The summed E-state index contributed by atoms with van der Waals surface area (Å²) in [7, 11) is 0. The van der Waals surface area contributed by atoms with E-state index in [1.54, 1.807) is 0 Å². The quantitative estimate of drug-likeness (QED) is 0.760. The molecule has 0 unspecified atom stereocenters. The van der Waals surface area contributed by atoms with E-state index in [0.29, 0.717) is 23.5 Å². The van der Waals surface area contributed by atoms with Crippen molar-refractivity contribution in [2.24, 2.45) is 0 Å². The molecule has 0 aliphatic carbocycles. The zero-order chi connectivity index (χ0) is 10.8. The van der Waals surface area contributed by atoms with E-state index >= 15 is 0 Å². The summed E-state index contributed by atoms with van der Waals surface area (Å²) in [5.41, 5.74) is 0.631. The van der Waals surface area contributed by atoms with Gasteiger partial charge >= 0.3 is 0 Å². The van der Waals surface area contributed by atoms with E-state index in [4.69, 9.17) is 7.48 Å². The van der Waals surface area contributed by atoms with Gasteiger partial charge in [-0.15, -0.1) is 5.10 Å². The molecule has 1 aromatic heterocycles. The Kier molecular flexibility index (Phi) is 2.20. The Hall–Kier alpha value is -0.480. The SMILES string of the molecule is [2H]c1c(Br)nnc(C2CCOCC2)c1[2H]. The van der Waals surface area contributed by atoms with Crippen molar-refractivity contribution in [3.8, 4) is 0 Å². The van der Waals surface area contributed by atoms with Crippen LogP contribution in [0.15, 0.2) is 16.7 Å². The maximum atomic E-state index is 7.81. The monoisotopic (exact) mass is 244 g/mol. The van der Waals surface area contributed by atoms with Gasteiger partial charge < -0.3 is 4.74 Å². The summed E-state index contributed by atoms with van der Waals surface area (Å²) in [6, 6.07) is 0.301. The van der Waals surface area contributed by atoms with Crippen molar-refractivity contribution in [1.29, 1.82) is 0 Å². The Morgan fingerprint density at radius 2 is 2.15 bits per heavy atom. The molecule has 0 bridgehead atoms. The average molecular weight is 245 g/mol. The van der Waals surface area contributed by atoms with Crippen LogP contribution in [0, 0.1) is 0 Å². The molecule has 0 aromatic carbocycles. The number of hydrogen-bond donors (Lipinski definition) is 0. The first-order valence-corrected chi connectivity index (χ1v) is 5.06. The molecule has 0 atom stereocenters. The first kappa shape index (κ1) is 6.90. The van der Waals surface area contributed by atoms with Crippen LogP contribution < -0.4 is 0 Å². The van der Waals surface area contributed by atoms with Gasteiger partial charge in [-0.2, -0.15) is 5.10 Å². The Bertz CT molecular complexity index is 369. The number of aromatic nitrogens is 2. The second kappa shape index (κ2) is 4.15. The number of ether oxygens (including phenoxy) is 1. The molecule has 1 aliphatic rings. The van der Waals surface area contributed by atoms with Crippen LogP contribution in [-0.2, 0) is 4.74 Å². The second-order valence-electron chi connectivity index (χ2n) is 3.01. The largest absolute Gasteiger partial charge is 0.381 e. The summed E-state index contributed by atoms with van der Waals surface area (Å²) in [4.78, 5) is 0. The van der Waals surface area contributed by atoms with Gasteiger partial charge in [-0.3, -0.25) is 0 Å². The Morgan fingerprint density at radius 3 is 2.92 bits per heavy atom. The summed E-state index contributed by atoms with van der Waals surface area (Å²) in [5, 5.41) is 7.84. The lowest BCUT2D eigenvalue weighted by Gasteiger charge is -2.20. The molecule has 2 rings (SSSR count). The van der Waals surface area contributed by atoms with E-state index < -0.39 is 0 Å². The van der Waals surface area contributed by atoms with Crippen LogP contribution in [0.4, 0.5) is 0 Å². The first-order valence-electron chi connectivity index (χ1n) is 5.27. The summed E-state index contributed by atoms with van der Waals surface area (Å²) < 4.78 is 21.0. The van der Waals surface area contributed by atoms with Crippen molar-refractivity contribution < 1.29 is 7.48 Å². The maximum absolute atomic E-state index is 7.81. The summed E-state index contributed by atoms with van der Waals surface area (Å²) in [5.74, 6) is 0.218. The van der Waals surface area contributed by atoms with Crippen molar-refractivity contribution in [2.45, 2.75) is 18.8 Å². The highest BCUT2D eigenvalue weighted by Gasteiger charge is 2.17. The minimum atomic E-state index is 0.117. The van der Waals surface area contributed by atoms with Gasteiger partial charge in [-0.25, -0.2) is 0 Å². The fourth-order valence-corrected chi connectivity index (χ4v) is 1.60. The highest BCUT2D eigenvalue weighted by atomic mass is 79.9. The topological polar surface area (TPSA) is 35.0 Å².